The minimum atomic E-state index is -0.906. The molecule has 1 atom stereocenters. The van der Waals surface area contributed by atoms with Gasteiger partial charge >= 0.3 is 6.09 Å². The van der Waals surface area contributed by atoms with Crippen molar-refractivity contribution in [3.63, 3.8) is 0 Å². The number of rotatable bonds is 7. The van der Waals surface area contributed by atoms with Crippen LogP contribution in [0, 0.1) is 17.2 Å². The second kappa shape index (κ2) is 9.42. The molecule has 0 spiro atoms. The fraction of sp³-hybridized carbons (Fsp3) is 0.444. The van der Waals surface area contributed by atoms with Gasteiger partial charge in [0.05, 0.1) is 17.7 Å². The normalized spacial score (nSPS) is 11.6. The Kier molecular flexibility index (Phi) is 7.59. The molecule has 1 rings (SSSR count). The first-order valence-corrected chi connectivity index (χ1v) is 8.22. The summed E-state index contributed by atoms with van der Waals surface area (Å²) >= 11 is 0. The van der Waals surface area contributed by atoms with E-state index >= 15 is 0 Å². The van der Waals surface area contributed by atoms with E-state index in [0.717, 1.165) is 0 Å². The predicted molar refractivity (Wildman–Crippen MR) is 96.1 cm³/mol. The Morgan fingerprint density at radius 1 is 1.19 bits per heavy atom. The van der Waals surface area contributed by atoms with Gasteiger partial charge in [-0.15, -0.1) is 0 Å². The summed E-state index contributed by atoms with van der Waals surface area (Å²) in [4.78, 5) is 37.5. The Bertz CT molecular complexity index is 692. The Hall–Kier alpha value is -3.08. The van der Waals surface area contributed by atoms with Gasteiger partial charge in [0, 0.05) is 5.69 Å². The number of primary amides is 1. The molecule has 26 heavy (non-hydrogen) atoms. The lowest BCUT2D eigenvalue weighted by Gasteiger charge is -2.29. The van der Waals surface area contributed by atoms with Crippen molar-refractivity contribution < 1.29 is 19.1 Å². The van der Waals surface area contributed by atoms with Crippen LogP contribution < -0.4 is 16.0 Å². The molecular formula is C18H24N4O4. The van der Waals surface area contributed by atoms with Crippen molar-refractivity contribution in [2.45, 2.75) is 39.8 Å². The number of carbonyl (C=O) groups excluding carboxylic acids is 3. The Labute approximate surface area is 152 Å². The molecule has 0 unspecified atom stereocenters. The van der Waals surface area contributed by atoms with Crippen LogP contribution >= 0.6 is 0 Å². The molecule has 1 aromatic rings. The van der Waals surface area contributed by atoms with Gasteiger partial charge in [-0.2, -0.15) is 5.26 Å². The topological polar surface area (TPSA) is 126 Å². The van der Waals surface area contributed by atoms with Gasteiger partial charge in [0.25, 0.3) is 0 Å². The average Bonchev–Trinajstić information content (AvgIpc) is 2.56. The van der Waals surface area contributed by atoms with Gasteiger partial charge in [-0.05, 0) is 44.0 Å². The third-order valence-electron chi connectivity index (χ3n) is 3.44. The third-order valence-corrected chi connectivity index (χ3v) is 3.44. The smallest absolute Gasteiger partial charge is 0.408 e. The van der Waals surface area contributed by atoms with Crippen molar-refractivity contribution in [2.75, 3.05) is 11.4 Å². The minimum Gasteiger partial charge on any atom is -0.447 e. The van der Waals surface area contributed by atoms with Gasteiger partial charge < -0.3 is 20.7 Å². The van der Waals surface area contributed by atoms with Crippen molar-refractivity contribution in [1.29, 1.82) is 5.26 Å². The van der Waals surface area contributed by atoms with Crippen LogP contribution in [0.3, 0.4) is 0 Å². The third kappa shape index (κ3) is 6.09. The molecule has 0 aliphatic heterocycles. The van der Waals surface area contributed by atoms with Crippen LogP contribution in [0.2, 0.25) is 0 Å². The largest absolute Gasteiger partial charge is 0.447 e. The van der Waals surface area contributed by atoms with Crippen molar-refractivity contribution in [3.8, 4) is 6.07 Å². The van der Waals surface area contributed by atoms with Crippen molar-refractivity contribution in [3.05, 3.63) is 29.8 Å². The SMILES string of the molecule is CC(C)OC(=O)N[C@H](C(=O)N(CC(N)=O)c1ccc(C#N)cc1)C(C)C. The van der Waals surface area contributed by atoms with Gasteiger partial charge in [-0.3, -0.25) is 9.59 Å². The Morgan fingerprint density at radius 3 is 2.19 bits per heavy atom. The van der Waals surface area contributed by atoms with E-state index in [0.29, 0.717) is 11.3 Å². The number of nitrogens with two attached hydrogens (primary N) is 1. The van der Waals surface area contributed by atoms with Gasteiger partial charge in [-0.25, -0.2) is 4.79 Å². The first-order valence-electron chi connectivity index (χ1n) is 8.22. The highest BCUT2D eigenvalue weighted by Crippen LogP contribution is 2.18. The monoisotopic (exact) mass is 360 g/mol. The number of nitrogens with one attached hydrogen (secondary N) is 1. The first kappa shape index (κ1) is 21.0. The van der Waals surface area contributed by atoms with Gasteiger partial charge in [-0.1, -0.05) is 13.8 Å². The quantitative estimate of drug-likeness (QED) is 0.763. The van der Waals surface area contributed by atoms with E-state index < -0.39 is 23.9 Å². The summed E-state index contributed by atoms with van der Waals surface area (Å²) < 4.78 is 5.03. The zero-order chi connectivity index (χ0) is 19.9. The zero-order valence-electron chi connectivity index (χ0n) is 15.4. The number of hydrogen-bond donors (Lipinski definition) is 2. The molecule has 8 nitrogen and oxygen atoms in total. The fourth-order valence-electron chi connectivity index (χ4n) is 2.22. The molecule has 0 bridgehead atoms. The van der Waals surface area contributed by atoms with Crippen LogP contribution in [0.1, 0.15) is 33.3 Å². The second-order valence-electron chi connectivity index (χ2n) is 6.37. The van der Waals surface area contributed by atoms with Gasteiger partial charge in [0.1, 0.15) is 12.6 Å². The van der Waals surface area contributed by atoms with Gasteiger partial charge in [0.15, 0.2) is 0 Å². The summed E-state index contributed by atoms with van der Waals surface area (Å²) in [6.07, 6.45) is -1.05. The van der Waals surface area contributed by atoms with Crippen LogP contribution in [0.5, 0.6) is 0 Å². The fourth-order valence-corrected chi connectivity index (χ4v) is 2.22. The highest BCUT2D eigenvalue weighted by molar-refractivity contribution is 6.02. The van der Waals surface area contributed by atoms with Crippen LogP contribution in [0.15, 0.2) is 24.3 Å². The number of amides is 3. The molecule has 8 heteroatoms. The standard InChI is InChI=1S/C18H24N4O4/c1-11(2)16(21-18(25)26-12(3)4)17(24)22(10-15(20)23)14-7-5-13(9-19)6-8-14/h5-8,11-12,16H,10H2,1-4H3,(H2,20,23)(H,21,25)/t16-/m0/s1. The number of benzene rings is 1. The summed E-state index contributed by atoms with van der Waals surface area (Å²) in [5, 5.41) is 11.4. The molecule has 3 N–H and O–H groups in total. The molecule has 0 radical (unpaired) electrons. The minimum absolute atomic E-state index is 0.254. The second-order valence-corrected chi connectivity index (χ2v) is 6.37. The van der Waals surface area contributed by atoms with E-state index in [2.05, 4.69) is 5.32 Å². The number of alkyl carbamates (subject to hydrolysis) is 1. The van der Waals surface area contributed by atoms with E-state index in [-0.39, 0.29) is 18.6 Å². The Morgan fingerprint density at radius 2 is 1.77 bits per heavy atom. The van der Waals surface area contributed by atoms with E-state index in [1.807, 2.05) is 6.07 Å². The lowest BCUT2D eigenvalue weighted by Crippen LogP contribution is -2.53. The average molecular weight is 360 g/mol. The maximum atomic E-state index is 13.0. The molecule has 0 aliphatic rings. The lowest BCUT2D eigenvalue weighted by atomic mass is 10.0. The van der Waals surface area contributed by atoms with E-state index in [4.69, 9.17) is 15.7 Å². The van der Waals surface area contributed by atoms with Crippen molar-refractivity contribution in [2.24, 2.45) is 11.7 Å². The van der Waals surface area contributed by atoms with Crippen molar-refractivity contribution >= 4 is 23.6 Å². The summed E-state index contributed by atoms with van der Waals surface area (Å²) in [6.45, 7) is 6.57. The molecular weight excluding hydrogens is 336 g/mol. The van der Waals surface area contributed by atoms with Gasteiger partial charge in [0.2, 0.25) is 11.8 Å². The molecule has 140 valence electrons. The number of nitrogens with zero attached hydrogens (tertiary/aromatic N) is 2. The number of hydrogen-bond acceptors (Lipinski definition) is 5. The molecule has 0 saturated heterocycles. The molecule has 3 amide bonds. The molecule has 0 saturated carbocycles. The number of nitriles is 1. The summed E-state index contributed by atoms with van der Waals surface area (Å²) in [6, 6.07) is 7.22. The molecule has 0 aromatic heterocycles. The summed E-state index contributed by atoms with van der Waals surface area (Å²) in [5.74, 6) is -1.45. The highest BCUT2D eigenvalue weighted by atomic mass is 16.6. The number of ether oxygens (including phenoxy) is 1. The van der Waals surface area contributed by atoms with Crippen LogP contribution in [0.25, 0.3) is 0 Å². The van der Waals surface area contributed by atoms with E-state index in [1.54, 1.807) is 39.8 Å². The molecule has 0 fully saturated rings. The number of anilines is 1. The number of carbonyl (C=O) groups is 3. The van der Waals surface area contributed by atoms with Crippen LogP contribution in [0.4, 0.5) is 10.5 Å². The van der Waals surface area contributed by atoms with E-state index in [9.17, 15) is 14.4 Å². The Balaban J connectivity index is 3.12. The highest BCUT2D eigenvalue weighted by Gasteiger charge is 2.31. The predicted octanol–water partition coefficient (Wildman–Crippen LogP) is 1.54. The first-order chi connectivity index (χ1) is 12.1. The van der Waals surface area contributed by atoms with E-state index in [1.165, 1.54) is 17.0 Å². The maximum absolute atomic E-state index is 13.0. The summed E-state index contributed by atoms with van der Waals surface area (Å²) in [5.41, 5.74) is 6.09. The lowest BCUT2D eigenvalue weighted by molar-refractivity contribution is -0.124. The molecule has 0 heterocycles. The molecule has 0 aliphatic carbocycles. The van der Waals surface area contributed by atoms with Crippen molar-refractivity contribution in [1.82, 2.24) is 5.32 Å². The summed E-state index contributed by atoms with van der Waals surface area (Å²) in [7, 11) is 0. The maximum Gasteiger partial charge on any atom is 0.408 e. The van der Waals surface area contributed by atoms with Crippen LogP contribution in [-0.2, 0) is 14.3 Å². The van der Waals surface area contributed by atoms with Crippen LogP contribution in [-0.4, -0.2) is 36.6 Å². The zero-order valence-corrected chi connectivity index (χ0v) is 15.4. The molecule has 1 aromatic carbocycles.